The van der Waals surface area contributed by atoms with Gasteiger partial charge in [0.05, 0.1) is 0 Å². The van der Waals surface area contributed by atoms with Crippen molar-refractivity contribution in [3.8, 4) is 0 Å². The second kappa shape index (κ2) is 3.83. The number of rotatable bonds is 2. The molecule has 0 aliphatic rings. The largest absolute Gasteiger partial charge is 0.313 e. The third-order valence-corrected chi connectivity index (χ3v) is 2.18. The smallest absolute Gasteiger partial charge is 0.130 e. The van der Waals surface area contributed by atoms with Crippen molar-refractivity contribution >= 4 is 0 Å². The van der Waals surface area contributed by atoms with Crippen LogP contribution in [0, 0.1) is 18.6 Å². The quantitative estimate of drug-likeness (QED) is 0.746. The molecule has 3 heteroatoms. The van der Waals surface area contributed by atoms with Gasteiger partial charge in [0.2, 0.25) is 0 Å². The van der Waals surface area contributed by atoms with Crippen LogP contribution in [0.2, 0.25) is 0 Å². The number of hydrogen-bond donors (Lipinski definition) is 1. The summed E-state index contributed by atoms with van der Waals surface area (Å²) in [5.41, 5.74) is 0.972. The van der Waals surface area contributed by atoms with Crippen LogP contribution in [-0.2, 0) is 0 Å². The maximum Gasteiger partial charge on any atom is 0.130 e. The van der Waals surface area contributed by atoms with Gasteiger partial charge in [-0.1, -0.05) is 0 Å². The molecule has 1 atom stereocenters. The molecular weight excluding hydrogens is 172 g/mol. The summed E-state index contributed by atoms with van der Waals surface area (Å²) in [5.74, 6) is -0.991. The molecule has 0 fully saturated rings. The molecular formula is C10H13F2N. The van der Waals surface area contributed by atoms with Crippen LogP contribution in [-0.4, -0.2) is 7.05 Å². The average Bonchev–Trinajstić information content (AvgIpc) is 2.10. The van der Waals surface area contributed by atoms with E-state index in [-0.39, 0.29) is 6.04 Å². The third kappa shape index (κ3) is 2.04. The summed E-state index contributed by atoms with van der Waals surface area (Å²) in [4.78, 5) is 0. The van der Waals surface area contributed by atoms with Crippen LogP contribution in [0.15, 0.2) is 12.1 Å². The van der Waals surface area contributed by atoms with Crippen molar-refractivity contribution in [2.75, 3.05) is 7.05 Å². The topological polar surface area (TPSA) is 12.0 Å². The Kier molecular flexibility index (Phi) is 2.98. The van der Waals surface area contributed by atoms with E-state index < -0.39 is 11.6 Å². The summed E-state index contributed by atoms with van der Waals surface area (Å²) in [6, 6.07) is 2.36. The van der Waals surface area contributed by atoms with E-state index in [2.05, 4.69) is 5.32 Å². The van der Waals surface area contributed by atoms with Gasteiger partial charge >= 0.3 is 0 Å². The first kappa shape index (κ1) is 10.1. The van der Waals surface area contributed by atoms with Crippen molar-refractivity contribution in [3.05, 3.63) is 34.9 Å². The third-order valence-electron chi connectivity index (χ3n) is 2.18. The lowest BCUT2D eigenvalue weighted by Gasteiger charge is -2.12. The van der Waals surface area contributed by atoms with E-state index in [0.29, 0.717) is 11.1 Å². The number of nitrogens with one attached hydrogen (secondary N) is 1. The molecule has 0 bridgehead atoms. The van der Waals surface area contributed by atoms with Crippen molar-refractivity contribution in [2.45, 2.75) is 19.9 Å². The van der Waals surface area contributed by atoms with Gasteiger partial charge in [-0.25, -0.2) is 8.78 Å². The van der Waals surface area contributed by atoms with E-state index in [4.69, 9.17) is 0 Å². The number of aryl methyl sites for hydroxylation is 1. The highest BCUT2D eigenvalue weighted by molar-refractivity contribution is 5.27. The predicted molar refractivity (Wildman–Crippen MR) is 48.6 cm³/mol. The normalized spacial score (nSPS) is 13.0. The predicted octanol–water partition coefficient (Wildman–Crippen LogP) is 2.55. The van der Waals surface area contributed by atoms with E-state index in [1.807, 2.05) is 6.92 Å². The van der Waals surface area contributed by atoms with Crippen LogP contribution in [0.4, 0.5) is 8.78 Å². The Morgan fingerprint density at radius 1 is 1.23 bits per heavy atom. The molecule has 72 valence electrons. The number of halogens is 2. The Balaban J connectivity index is 3.15. The van der Waals surface area contributed by atoms with E-state index in [9.17, 15) is 8.78 Å². The molecule has 0 radical (unpaired) electrons. The summed E-state index contributed by atoms with van der Waals surface area (Å²) in [5, 5.41) is 2.91. The molecule has 0 aliphatic carbocycles. The summed E-state index contributed by atoms with van der Waals surface area (Å²) < 4.78 is 26.1. The van der Waals surface area contributed by atoms with Gasteiger partial charge in [-0.15, -0.1) is 0 Å². The SMILES string of the molecule is CN[C@H](C)c1cc(C)c(F)cc1F. The van der Waals surface area contributed by atoms with E-state index >= 15 is 0 Å². The first-order chi connectivity index (χ1) is 6.06. The van der Waals surface area contributed by atoms with Gasteiger partial charge in [-0.2, -0.15) is 0 Å². The average molecular weight is 185 g/mol. The molecule has 1 N–H and O–H groups in total. The minimum atomic E-state index is -0.496. The first-order valence-corrected chi connectivity index (χ1v) is 4.19. The Labute approximate surface area is 76.8 Å². The maximum absolute atomic E-state index is 13.2. The fraction of sp³-hybridized carbons (Fsp3) is 0.400. The van der Waals surface area contributed by atoms with Crippen molar-refractivity contribution in [1.82, 2.24) is 5.32 Å². The van der Waals surface area contributed by atoms with Gasteiger partial charge in [-0.3, -0.25) is 0 Å². The minimum Gasteiger partial charge on any atom is -0.313 e. The minimum absolute atomic E-state index is 0.0979. The fourth-order valence-electron chi connectivity index (χ4n) is 1.17. The van der Waals surface area contributed by atoms with Crippen LogP contribution in [0.3, 0.4) is 0 Å². The summed E-state index contributed by atoms with van der Waals surface area (Å²) in [7, 11) is 1.74. The molecule has 0 amide bonds. The lowest BCUT2D eigenvalue weighted by atomic mass is 10.0. The zero-order chi connectivity index (χ0) is 10.0. The Hall–Kier alpha value is -0.960. The van der Waals surface area contributed by atoms with Crippen molar-refractivity contribution in [1.29, 1.82) is 0 Å². The maximum atomic E-state index is 13.2. The number of hydrogen-bond acceptors (Lipinski definition) is 1. The molecule has 1 aromatic carbocycles. The van der Waals surface area contributed by atoms with Crippen LogP contribution in [0.1, 0.15) is 24.1 Å². The van der Waals surface area contributed by atoms with E-state index in [1.165, 1.54) is 6.07 Å². The molecule has 0 unspecified atom stereocenters. The molecule has 0 spiro atoms. The lowest BCUT2D eigenvalue weighted by Crippen LogP contribution is -2.14. The highest BCUT2D eigenvalue weighted by atomic mass is 19.1. The second-order valence-corrected chi connectivity index (χ2v) is 3.13. The molecule has 0 aliphatic heterocycles. The van der Waals surface area contributed by atoms with Gasteiger partial charge in [0.1, 0.15) is 11.6 Å². The van der Waals surface area contributed by atoms with Crippen LogP contribution >= 0.6 is 0 Å². The zero-order valence-corrected chi connectivity index (χ0v) is 7.99. The Morgan fingerprint density at radius 2 is 1.85 bits per heavy atom. The van der Waals surface area contributed by atoms with Gasteiger partial charge in [0.25, 0.3) is 0 Å². The molecule has 0 heterocycles. The molecule has 13 heavy (non-hydrogen) atoms. The summed E-state index contributed by atoms with van der Waals surface area (Å²) >= 11 is 0. The molecule has 1 rings (SSSR count). The molecule has 1 aromatic rings. The Bertz CT molecular complexity index is 310. The highest BCUT2D eigenvalue weighted by Gasteiger charge is 2.11. The number of benzene rings is 1. The van der Waals surface area contributed by atoms with E-state index in [1.54, 1.807) is 14.0 Å². The second-order valence-electron chi connectivity index (χ2n) is 3.13. The van der Waals surface area contributed by atoms with Crippen LogP contribution < -0.4 is 5.32 Å². The monoisotopic (exact) mass is 185 g/mol. The zero-order valence-electron chi connectivity index (χ0n) is 7.99. The van der Waals surface area contributed by atoms with Crippen LogP contribution in [0.5, 0.6) is 0 Å². The van der Waals surface area contributed by atoms with Gasteiger partial charge in [0.15, 0.2) is 0 Å². The first-order valence-electron chi connectivity index (χ1n) is 4.19. The van der Waals surface area contributed by atoms with Gasteiger partial charge < -0.3 is 5.32 Å². The fourth-order valence-corrected chi connectivity index (χ4v) is 1.17. The van der Waals surface area contributed by atoms with Crippen molar-refractivity contribution < 1.29 is 8.78 Å². The highest BCUT2D eigenvalue weighted by Crippen LogP contribution is 2.19. The summed E-state index contributed by atoms with van der Waals surface area (Å²) in [6.07, 6.45) is 0. The van der Waals surface area contributed by atoms with Crippen molar-refractivity contribution in [3.63, 3.8) is 0 Å². The van der Waals surface area contributed by atoms with Gasteiger partial charge in [0, 0.05) is 17.7 Å². The molecule has 1 nitrogen and oxygen atoms in total. The van der Waals surface area contributed by atoms with E-state index in [0.717, 1.165) is 6.07 Å². The molecule has 0 aromatic heterocycles. The lowest BCUT2D eigenvalue weighted by molar-refractivity contribution is 0.538. The van der Waals surface area contributed by atoms with Gasteiger partial charge in [-0.05, 0) is 32.5 Å². The summed E-state index contributed by atoms with van der Waals surface area (Å²) in [6.45, 7) is 3.45. The standard InChI is InChI=1S/C10H13F2N/c1-6-4-8(7(2)13-3)10(12)5-9(6)11/h4-5,7,13H,1-3H3/t7-/m1/s1. The van der Waals surface area contributed by atoms with Crippen LogP contribution in [0.25, 0.3) is 0 Å². The molecule has 0 saturated carbocycles. The van der Waals surface area contributed by atoms with Crippen molar-refractivity contribution in [2.24, 2.45) is 0 Å². The molecule has 0 saturated heterocycles. The Morgan fingerprint density at radius 3 is 2.38 bits per heavy atom.